The number of esters is 1. The summed E-state index contributed by atoms with van der Waals surface area (Å²) in [6.07, 6.45) is 1.08. The van der Waals surface area contributed by atoms with Crippen molar-refractivity contribution >= 4 is 23.2 Å². The van der Waals surface area contributed by atoms with E-state index in [9.17, 15) is 19.8 Å². The Balaban J connectivity index is 2.37. The third-order valence-corrected chi connectivity index (χ3v) is 8.34. The van der Waals surface area contributed by atoms with E-state index in [-0.39, 0.29) is 17.4 Å². The molecule has 1 aromatic heterocycles. The summed E-state index contributed by atoms with van der Waals surface area (Å²) < 4.78 is 10.6. The lowest BCUT2D eigenvalue weighted by Crippen LogP contribution is -2.43. The van der Waals surface area contributed by atoms with Crippen molar-refractivity contribution in [1.82, 2.24) is 5.32 Å². The number of rotatable bonds is 11. The Morgan fingerprint density at radius 2 is 1.72 bits per heavy atom. The molecule has 3 N–H and O–H groups in total. The fourth-order valence-corrected chi connectivity index (χ4v) is 5.59. The molecule has 0 saturated carbocycles. The molecule has 0 spiro atoms. The average Bonchev–Trinajstić information content (AvgIpc) is 3.23. The van der Waals surface area contributed by atoms with Gasteiger partial charge in [-0.2, -0.15) is 0 Å². The lowest BCUT2D eigenvalue weighted by Gasteiger charge is -2.32. The molecule has 1 aromatic carbocycles. The smallest absolute Gasteiger partial charge is 0.330 e. The van der Waals surface area contributed by atoms with Crippen LogP contribution in [0.25, 0.3) is 0 Å². The zero-order valence-electron chi connectivity index (χ0n) is 22.7. The van der Waals surface area contributed by atoms with E-state index in [1.54, 1.807) is 0 Å². The van der Waals surface area contributed by atoms with Gasteiger partial charge in [0.2, 0.25) is 0 Å². The normalized spacial score (nSPS) is 13.7. The zero-order valence-corrected chi connectivity index (χ0v) is 23.5. The van der Waals surface area contributed by atoms with Crippen LogP contribution in [0.3, 0.4) is 0 Å². The van der Waals surface area contributed by atoms with Crippen molar-refractivity contribution in [1.29, 1.82) is 0 Å². The van der Waals surface area contributed by atoms with Crippen LogP contribution >= 0.6 is 11.3 Å². The molecule has 0 bridgehead atoms. The summed E-state index contributed by atoms with van der Waals surface area (Å²) in [5, 5.41) is 22.4. The topological polar surface area (TPSA) is 105 Å². The van der Waals surface area contributed by atoms with Gasteiger partial charge in [-0.1, -0.05) is 46.8 Å². The van der Waals surface area contributed by atoms with Gasteiger partial charge in [0.05, 0.1) is 24.7 Å². The molecule has 1 unspecified atom stereocenters. The van der Waals surface area contributed by atoms with Gasteiger partial charge in [-0.3, -0.25) is 4.79 Å². The van der Waals surface area contributed by atoms with Crippen molar-refractivity contribution in [2.24, 2.45) is 5.41 Å². The van der Waals surface area contributed by atoms with Crippen molar-refractivity contribution in [3.05, 3.63) is 50.7 Å². The minimum Gasteiger partial charge on any atom is -0.491 e. The van der Waals surface area contributed by atoms with Gasteiger partial charge in [0.1, 0.15) is 12.4 Å². The summed E-state index contributed by atoms with van der Waals surface area (Å²) in [6.45, 7) is 13.8. The van der Waals surface area contributed by atoms with E-state index in [0.717, 1.165) is 40.2 Å². The number of hydrogen-bond acceptors (Lipinski definition) is 7. The number of aryl methyl sites for hydroxylation is 2. The van der Waals surface area contributed by atoms with Crippen LogP contribution in [0.1, 0.15) is 78.7 Å². The molecule has 200 valence electrons. The van der Waals surface area contributed by atoms with Crippen LogP contribution in [0.4, 0.5) is 0 Å². The third-order valence-electron chi connectivity index (χ3n) is 6.90. The predicted molar refractivity (Wildman–Crippen MR) is 143 cm³/mol. The molecule has 0 fully saturated rings. The Labute approximate surface area is 218 Å². The number of benzene rings is 1. The second-order valence-electron chi connectivity index (χ2n) is 10.3. The SMILES string of the molecule is CCC(CC)(c1ccc(OC[C@@H](O)C(C)(C)C)c(C)c1)c1cc(C)c(C(=O)NC(CO)C(=O)OC)s1. The molecular formula is C28H41NO6S. The van der Waals surface area contributed by atoms with Crippen LogP contribution in [-0.2, 0) is 14.9 Å². The van der Waals surface area contributed by atoms with Crippen molar-refractivity contribution in [2.75, 3.05) is 20.3 Å². The van der Waals surface area contributed by atoms with E-state index in [1.807, 2.05) is 46.8 Å². The highest BCUT2D eigenvalue weighted by atomic mass is 32.1. The van der Waals surface area contributed by atoms with Gasteiger partial charge < -0.3 is 25.0 Å². The summed E-state index contributed by atoms with van der Waals surface area (Å²) in [7, 11) is 1.22. The fraction of sp³-hybridized carbons (Fsp3) is 0.571. The minimum atomic E-state index is -1.11. The number of hydrogen-bond donors (Lipinski definition) is 3. The van der Waals surface area contributed by atoms with E-state index in [2.05, 4.69) is 36.0 Å². The van der Waals surface area contributed by atoms with Crippen molar-refractivity contribution < 1.29 is 29.3 Å². The quantitative estimate of drug-likeness (QED) is 0.377. The van der Waals surface area contributed by atoms with E-state index in [1.165, 1.54) is 18.4 Å². The fourth-order valence-electron chi connectivity index (χ4n) is 4.17. The lowest BCUT2D eigenvalue weighted by atomic mass is 9.74. The van der Waals surface area contributed by atoms with Crippen LogP contribution in [0.2, 0.25) is 0 Å². The number of amides is 1. The Morgan fingerprint density at radius 3 is 2.22 bits per heavy atom. The molecule has 0 aliphatic carbocycles. The molecule has 1 amide bonds. The van der Waals surface area contributed by atoms with Gasteiger partial charge in [0, 0.05) is 10.3 Å². The van der Waals surface area contributed by atoms with Crippen LogP contribution in [0.5, 0.6) is 5.75 Å². The van der Waals surface area contributed by atoms with Crippen molar-refractivity contribution in [2.45, 2.75) is 78.9 Å². The molecular weight excluding hydrogens is 478 g/mol. The van der Waals surface area contributed by atoms with E-state index < -0.39 is 30.6 Å². The maximum Gasteiger partial charge on any atom is 0.330 e. The Bertz CT molecular complexity index is 1050. The lowest BCUT2D eigenvalue weighted by molar-refractivity contribution is -0.143. The number of aliphatic hydroxyl groups is 2. The monoisotopic (exact) mass is 519 g/mol. The van der Waals surface area contributed by atoms with Crippen LogP contribution in [-0.4, -0.2) is 54.6 Å². The highest BCUT2D eigenvalue weighted by Crippen LogP contribution is 2.44. The number of thiophene rings is 1. The first-order chi connectivity index (χ1) is 16.8. The molecule has 2 aromatic rings. The summed E-state index contributed by atoms with van der Waals surface area (Å²) >= 11 is 1.41. The van der Waals surface area contributed by atoms with Gasteiger partial charge in [-0.05, 0) is 60.9 Å². The molecule has 8 heteroatoms. The average molecular weight is 520 g/mol. The number of nitrogens with one attached hydrogen (secondary N) is 1. The molecule has 1 heterocycles. The maximum absolute atomic E-state index is 12.9. The van der Waals surface area contributed by atoms with E-state index >= 15 is 0 Å². The van der Waals surface area contributed by atoms with E-state index in [4.69, 9.17) is 4.74 Å². The van der Waals surface area contributed by atoms with Crippen LogP contribution in [0.15, 0.2) is 24.3 Å². The first kappa shape index (κ1) is 29.8. The minimum absolute atomic E-state index is 0.222. The molecule has 36 heavy (non-hydrogen) atoms. The Morgan fingerprint density at radius 1 is 1.08 bits per heavy atom. The molecule has 0 aliphatic heterocycles. The maximum atomic E-state index is 12.9. The number of methoxy groups -OCH3 is 1. The highest BCUT2D eigenvalue weighted by molar-refractivity contribution is 7.14. The Hall–Kier alpha value is -2.42. The van der Waals surface area contributed by atoms with Crippen LogP contribution < -0.4 is 10.1 Å². The standard InChI is InChI=1S/C28H41NO6S/c1-9-28(10-2,19-11-12-21(17(3)13-19)35-16-22(31)27(5,6)7)23-14-18(4)24(36-23)25(32)29-20(15-30)26(33)34-8/h11-14,20,22,30-31H,9-10,15-16H2,1-8H3,(H,29,32)/t20?,22-/m1/s1. The van der Waals surface area contributed by atoms with Gasteiger partial charge in [-0.25, -0.2) is 4.79 Å². The van der Waals surface area contributed by atoms with Crippen molar-refractivity contribution in [3.8, 4) is 5.75 Å². The first-order valence-electron chi connectivity index (χ1n) is 12.4. The van der Waals surface area contributed by atoms with Gasteiger partial charge in [0.25, 0.3) is 5.91 Å². The van der Waals surface area contributed by atoms with Crippen molar-refractivity contribution in [3.63, 3.8) is 0 Å². The highest BCUT2D eigenvalue weighted by Gasteiger charge is 2.35. The third kappa shape index (κ3) is 6.47. The largest absolute Gasteiger partial charge is 0.491 e. The number of carbonyl (C=O) groups is 2. The summed E-state index contributed by atoms with van der Waals surface area (Å²) in [5.74, 6) is -0.361. The molecule has 0 radical (unpaired) electrons. The molecule has 0 saturated heterocycles. The van der Waals surface area contributed by atoms with E-state index in [0.29, 0.717) is 4.88 Å². The summed E-state index contributed by atoms with van der Waals surface area (Å²) in [5.41, 5.74) is 2.36. The summed E-state index contributed by atoms with van der Waals surface area (Å²) in [4.78, 5) is 26.3. The van der Waals surface area contributed by atoms with Crippen LogP contribution in [0, 0.1) is 19.3 Å². The Kier molecular flexibility index (Phi) is 10.1. The first-order valence-corrected chi connectivity index (χ1v) is 13.2. The van der Waals surface area contributed by atoms with Gasteiger partial charge >= 0.3 is 5.97 Å². The molecule has 7 nitrogen and oxygen atoms in total. The van der Waals surface area contributed by atoms with Gasteiger partial charge in [0.15, 0.2) is 6.04 Å². The van der Waals surface area contributed by atoms with Gasteiger partial charge in [-0.15, -0.1) is 11.3 Å². The molecule has 2 atom stereocenters. The second kappa shape index (κ2) is 12.2. The number of carbonyl (C=O) groups excluding carboxylic acids is 2. The predicted octanol–water partition coefficient (Wildman–Crippen LogP) is 4.52. The zero-order chi connectivity index (χ0) is 27.3. The molecule has 0 aliphatic rings. The molecule has 2 rings (SSSR count). The number of ether oxygens (including phenoxy) is 2. The summed E-state index contributed by atoms with van der Waals surface area (Å²) in [6, 6.07) is 7.07. The number of aliphatic hydroxyl groups excluding tert-OH is 2. The second-order valence-corrected chi connectivity index (χ2v) is 11.4.